The van der Waals surface area contributed by atoms with E-state index in [4.69, 9.17) is 4.74 Å². The monoisotopic (exact) mass is 290 g/mol. The molecule has 0 spiro atoms. The third kappa shape index (κ3) is 6.56. The molecule has 20 heavy (non-hydrogen) atoms. The quantitative estimate of drug-likeness (QED) is 0.772. The van der Waals surface area contributed by atoms with Crippen LogP contribution < -0.4 is 4.74 Å². The first-order chi connectivity index (χ1) is 9.30. The van der Waals surface area contributed by atoms with Crippen molar-refractivity contribution >= 4 is 5.78 Å². The minimum absolute atomic E-state index is 0.0269. The standard InChI is InChI=1S/C14H17F3O3/c1-10(9-19-2)7-12(18)8-11-3-5-13(6-4-11)20-14(15,16)17/h3-6,10H,7-9H2,1-2H3. The number of Topliss-reactive ketones (excluding diaryl/α,β-unsaturated/α-hetero) is 1. The maximum Gasteiger partial charge on any atom is 0.573 e. The van der Waals surface area contributed by atoms with E-state index in [1.807, 2.05) is 6.92 Å². The Morgan fingerprint density at radius 1 is 1.25 bits per heavy atom. The lowest BCUT2D eigenvalue weighted by Crippen LogP contribution is -2.17. The van der Waals surface area contributed by atoms with Gasteiger partial charge in [-0.25, -0.2) is 0 Å². The molecule has 1 rings (SSSR count). The maximum absolute atomic E-state index is 12.0. The molecular formula is C14H17F3O3. The number of rotatable bonds is 7. The second-order valence-corrected chi connectivity index (χ2v) is 4.67. The summed E-state index contributed by atoms with van der Waals surface area (Å²) in [6.45, 7) is 2.41. The van der Waals surface area contributed by atoms with Crippen LogP contribution in [0, 0.1) is 5.92 Å². The first-order valence-corrected chi connectivity index (χ1v) is 6.15. The molecule has 0 fully saturated rings. The highest BCUT2D eigenvalue weighted by Gasteiger charge is 2.30. The van der Waals surface area contributed by atoms with Crippen molar-refractivity contribution in [2.24, 2.45) is 5.92 Å². The number of methoxy groups -OCH3 is 1. The van der Waals surface area contributed by atoms with E-state index < -0.39 is 6.36 Å². The summed E-state index contributed by atoms with van der Waals surface area (Å²) in [4.78, 5) is 11.7. The van der Waals surface area contributed by atoms with Gasteiger partial charge in [-0.05, 0) is 23.6 Å². The van der Waals surface area contributed by atoms with Crippen LogP contribution in [0.5, 0.6) is 5.75 Å². The van der Waals surface area contributed by atoms with Crippen molar-refractivity contribution in [2.45, 2.75) is 26.1 Å². The van der Waals surface area contributed by atoms with E-state index in [1.165, 1.54) is 24.3 Å². The number of carbonyl (C=O) groups excluding carboxylic acids is 1. The molecule has 0 saturated heterocycles. The van der Waals surface area contributed by atoms with Crippen molar-refractivity contribution in [2.75, 3.05) is 13.7 Å². The summed E-state index contributed by atoms with van der Waals surface area (Å²) in [5, 5.41) is 0. The normalized spacial score (nSPS) is 13.1. The average molecular weight is 290 g/mol. The van der Waals surface area contributed by atoms with Gasteiger partial charge in [-0.3, -0.25) is 4.79 Å². The number of carbonyl (C=O) groups is 1. The lowest BCUT2D eigenvalue weighted by Gasteiger charge is -2.10. The van der Waals surface area contributed by atoms with Gasteiger partial charge in [0.15, 0.2) is 0 Å². The van der Waals surface area contributed by atoms with Crippen LogP contribution in [-0.2, 0) is 16.0 Å². The molecule has 0 N–H and O–H groups in total. The Morgan fingerprint density at radius 3 is 2.35 bits per heavy atom. The van der Waals surface area contributed by atoms with Gasteiger partial charge in [0.05, 0.1) is 0 Å². The largest absolute Gasteiger partial charge is 0.573 e. The van der Waals surface area contributed by atoms with E-state index in [0.717, 1.165) is 0 Å². The zero-order chi connectivity index (χ0) is 15.2. The SMILES string of the molecule is COCC(C)CC(=O)Cc1ccc(OC(F)(F)F)cc1. The summed E-state index contributed by atoms with van der Waals surface area (Å²) in [6, 6.07) is 5.32. The van der Waals surface area contributed by atoms with Gasteiger partial charge in [0.1, 0.15) is 11.5 Å². The van der Waals surface area contributed by atoms with Gasteiger partial charge in [0.2, 0.25) is 0 Å². The van der Waals surface area contributed by atoms with Crippen molar-refractivity contribution in [3.8, 4) is 5.75 Å². The molecular weight excluding hydrogens is 273 g/mol. The summed E-state index contributed by atoms with van der Waals surface area (Å²) < 4.78 is 44.6. The molecule has 1 unspecified atom stereocenters. The van der Waals surface area contributed by atoms with Crippen LogP contribution in [0.2, 0.25) is 0 Å². The predicted octanol–water partition coefficient (Wildman–Crippen LogP) is 3.37. The Hall–Kier alpha value is -1.56. The third-order valence-corrected chi connectivity index (χ3v) is 2.59. The number of ether oxygens (including phenoxy) is 2. The molecule has 112 valence electrons. The fourth-order valence-corrected chi connectivity index (χ4v) is 1.84. The molecule has 0 aromatic heterocycles. The van der Waals surface area contributed by atoms with Gasteiger partial charge >= 0.3 is 6.36 Å². The smallest absolute Gasteiger partial charge is 0.406 e. The minimum atomic E-state index is -4.70. The Morgan fingerprint density at radius 2 is 1.85 bits per heavy atom. The van der Waals surface area contributed by atoms with Gasteiger partial charge in [0, 0.05) is 26.6 Å². The Kier molecular flexibility index (Phi) is 6.01. The first-order valence-electron chi connectivity index (χ1n) is 6.15. The highest BCUT2D eigenvalue weighted by molar-refractivity contribution is 5.81. The van der Waals surface area contributed by atoms with Gasteiger partial charge < -0.3 is 9.47 Å². The summed E-state index contributed by atoms with van der Waals surface area (Å²) in [6.07, 6.45) is -4.12. The van der Waals surface area contributed by atoms with Crippen LogP contribution in [0.3, 0.4) is 0 Å². The molecule has 0 amide bonds. The predicted molar refractivity (Wildman–Crippen MR) is 67.5 cm³/mol. The van der Waals surface area contributed by atoms with Crippen molar-refractivity contribution < 1.29 is 27.4 Å². The van der Waals surface area contributed by atoms with Crippen LogP contribution in [-0.4, -0.2) is 25.9 Å². The lowest BCUT2D eigenvalue weighted by molar-refractivity contribution is -0.274. The Bertz CT molecular complexity index is 426. The van der Waals surface area contributed by atoms with Crippen molar-refractivity contribution in [1.29, 1.82) is 0 Å². The highest BCUT2D eigenvalue weighted by atomic mass is 19.4. The molecule has 0 saturated carbocycles. The number of halogens is 3. The molecule has 1 aromatic carbocycles. The van der Waals surface area contributed by atoms with Crippen LogP contribution >= 0.6 is 0 Å². The summed E-state index contributed by atoms with van der Waals surface area (Å²) in [5.74, 6) is -0.138. The molecule has 0 aliphatic carbocycles. The van der Waals surface area contributed by atoms with E-state index in [1.54, 1.807) is 7.11 Å². The molecule has 6 heteroatoms. The van der Waals surface area contributed by atoms with E-state index in [-0.39, 0.29) is 23.9 Å². The number of ketones is 1. The van der Waals surface area contributed by atoms with Crippen LogP contribution in [0.1, 0.15) is 18.9 Å². The highest BCUT2D eigenvalue weighted by Crippen LogP contribution is 2.23. The molecule has 1 aromatic rings. The zero-order valence-electron chi connectivity index (χ0n) is 11.4. The van der Waals surface area contributed by atoms with E-state index in [0.29, 0.717) is 18.6 Å². The first kappa shape index (κ1) is 16.5. The van der Waals surface area contributed by atoms with Crippen molar-refractivity contribution in [1.82, 2.24) is 0 Å². The van der Waals surface area contributed by atoms with E-state index in [9.17, 15) is 18.0 Å². The van der Waals surface area contributed by atoms with Crippen LogP contribution in [0.25, 0.3) is 0 Å². The number of benzene rings is 1. The van der Waals surface area contributed by atoms with Gasteiger partial charge in [-0.1, -0.05) is 19.1 Å². The summed E-state index contributed by atoms with van der Waals surface area (Å²) in [5.41, 5.74) is 0.661. The fourth-order valence-electron chi connectivity index (χ4n) is 1.84. The van der Waals surface area contributed by atoms with E-state index >= 15 is 0 Å². The third-order valence-electron chi connectivity index (χ3n) is 2.59. The maximum atomic E-state index is 12.0. The second-order valence-electron chi connectivity index (χ2n) is 4.67. The van der Waals surface area contributed by atoms with Crippen molar-refractivity contribution in [3.63, 3.8) is 0 Å². The van der Waals surface area contributed by atoms with Crippen molar-refractivity contribution in [3.05, 3.63) is 29.8 Å². The van der Waals surface area contributed by atoms with Gasteiger partial charge in [0.25, 0.3) is 0 Å². The Balaban J connectivity index is 2.51. The number of hydrogen-bond donors (Lipinski definition) is 0. The Labute approximate surface area is 115 Å². The molecule has 1 atom stereocenters. The number of hydrogen-bond acceptors (Lipinski definition) is 3. The minimum Gasteiger partial charge on any atom is -0.406 e. The molecule has 3 nitrogen and oxygen atoms in total. The molecule has 0 bridgehead atoms. The molecule has 0 radical (unpaired) electrons. The molecule has 0 heterocycles. The fraction of sp³-hybridized carbons (Fsp3) is 0.500. The zero-order valence-corrected chi connectivity index (χ0v) is 11.4. The van der Waals surface area contributed by atoms with Gasteiger partial charge in [-0.2, -0.15) is 0 Å². The second kappa shape index (κ2) is 7.28. The molecule has 0 aliphatic heterocycles. The topological polar surface area (TPSA) is 35.5 Å². The number of alkyl halides is 3. The van der Waals surface area contributed by atoms with E-state index in [2.05, 4.69) is 4.74 Å². The summed E-state index contributed by atoms with van der Waals surface area (Å²) >= 11 is 0. The van der Waals surface area contributed by atoms with Crippen LogP contribution in [0.15, 0.2) is 24.3 Å². The average Bonchev–Trinajstić information content (AvgIpc) is 2.30. The van der Waals surface area contributed by atoms with Crippen LogP contribution in [0.4, 0.5) is 13.2 Å². The molecule has 0 aliphatic rings. The lowest BCUT2D eigenvalue weighted by atomic mass is 10.0. The summed E-state index contributed by atoms with van der Waals surface area (Å²) in [7, 11) is 1.57. The van der Waals surface area contributed by atoms with Gasteiger partial charge in [-0.15, -0.1) is 13.2 Å².